The SMILES string of the molecule is CC(C)(C)OC(=O)n1cc(/C=C/C(=O)Nc2cccc(C(=O)NC[C@H]3CCCO3)c2)c2ccccc21. The van der Waals surface area contributed by atoms with E-state index < -0.39 is 11.7 Å². The molecule has 0 radical (unpaired) electrons. The van der Waals surface area contributed by atoms with Crippen LogP contribution < -0.4 is 10.6 Å². The van der Waals surface area contributed by atoms with E-state index in [0.29, 0.717) is 28.9 Å². The number of carbonyl (C=O) groups excluding carboxylic acids is 3. The standard InChI is InChI=1S/C28H31N3O5/c1-28(2,3)36-27(34)31-18-20(23-11-4-5-12-24(23)31)13-14-25(32)30-21-9-6-8-19(16-21)26(33)29-17-22-10-7-15-35-22/h4-6,8-9,11-14,16,18,22H,7,10,15,17H2,1-3H3,(H,29,33)(H,30,32)/b14-13+/t22-/m1/s1. The summed E-state index contributed by atoms with van der Waals surface area (Å²) in [7, 11) is 0. The Morgan fingerprint density at radius 3 is 2.69 bits per heavy atom. The topological polar surface area (TPSA) is 98.7 Å². The number of amides is 2. The van der Waals surface area contributed by atoms with Crippen LogP contribution in [0.2, 0.25) is 0 Å². The number of fused-ring (bicyclic) bond motifs is 1. The lowest BCUT2D eigenvalue weighted by molar-refractivity contribution is -0.111. The third-order valence-corrected chi connectivity index (χ3v) is 5.65. The summed E-state index contributed by atoms with van der Waals surface area (Å²) < 4.78 is 12.5. The van der Waals surface area contributed by atoms with Crippen LogP contribution >= 0.6 is 0 Å². The van der Waals surface area contributed by atoms with Crippen LogP contribution in [-0.2, 0) is 14.3 Å². The minimum absolute atomic E-state index is 0.0586. The molecule has 0 saturated carbocycles. The number of hydrogen-bond donors (Lipinski definition) is 2. The molecule has 1 fully saturated rings. The molecule has 0 aliphatic carbocycles. The van der Waals surface area contributed by atoms with Gasteiger partial charge >= 0.3 is 6.09 Å². The first-order valence-electron chi connectivity index (χ1n) is 12.0. The molecule has 36 heavy (non-hydrogen) atoms. The molecule has 2 aromatic carbocycles. The molecule has 0 unspecified atom stereocenters. The van der Waals surface area contributed by atoms with Gasteiger partial charge in [0.15, 0.2) is 0 Å². The Kier molecular flexibility index (Phi) is 7.55. The first-order chi connectivity index (χ1) is 17.2. The number of carbonyl (C=O) groups is 3. The minimum atomic E-state index is -0.631. The highest BCUT2D eigenvalue weighted by molar-refractivity contribution is 6.05. The average Bonchev–Trinajstić information content (AvgIpc) is 3.48. The van der Waals surface area contributed by atoms with Crippen molar-refractivity contribution in [2.45, 2.75) is 45.3 Å². The molecule has 1 aliphatic rings. The molecule has 0 spiro atoms. The maximum atomic E-state index is 12.7. The zero-order valence-electron chi connectivity index (χ0n) is 20.7. The number of hydrogen-bond acceptors (Lipinski definition) is 5. The fraction of sp³-hybridized carbons (Fsp3) is 0.321. The summed E-state index contributed by atoms with van der Waals surface area (Å²) in [5.74, 6) is -0.576. The van der Waals surface area contributed by atoms with Gasteiger partial charge in [0, 0.05) is 47.6 Å². The molecule has 1 aliphatic heterocycles. The zero-order chi connectivity index (χ0) is 25.7. The summed E-state index contributed by atoms with van der Waals surface area (Å²) in [5, 5.41) is 6.48. The molecule has 2 heterocycles. The Bertz CT molecular complexity index is 1300. The quantitative estimate of drug-likeness (QED) is 0.476. The Labute approximate surface area is 210 Å². The molecule has 1 aromatic heterocycles. The normalized spacial score (nSPS) is 15.8. The number of anilines is 1. The second-order valence-electron chi connectivity index (χ2n) is 9.70. The molecule has 4 rings (SSSR count). The van der Waals surface area contributed by atoms with Gasteiger partial charge in [0.05, 0.1) is 11.6 Å². The van der Waals surface area contributed by atoms with Crippen molar-refractivity contribution in [1.82, 2.24) is 9.88 Å². The van der Waals surface area contributed by atoms with Gasteiger partial charge < -0.3 is 20.1 Å². The van der Waals surface area contributed by atoms with Crippen molar-refractivity contribution >= 4 is 40.6 Å². The highest BCUT2D eigenvalue weighted by Crippen LogP contribution is 2.24. The highest BCUT2D eigenvalue weighted by Gasteiger charge is 2.20. The molecule has 1 saturated heterocycles. The maximum absolute atomic E-state index is 12.7. The largest absolute Gasteiger partial charge is 0.443 e. The van der Waals surface area contributed by atoms with E-state index in [1.807, 2.05) is 45.0 Å². The van der Waals surface area contributed by atoms with Crippen LogP contribution in [0, 0.1) is 0 Å². The summed E-state index contributed by atoms with van der Waals surface area (Å²) in [5.41, 5.74) is 1.72. The molecule has 0 bridgehead atoms. The molecule has 188 valence electrons. The predicted molar refractivity (Wildman–Crippen MR) is 139 cm³/mol. The maximum Gasteiger partial charge on any atom is 0.419 e. The second-order valence-corrected chi connectivity index (χ2v) is 9.70. The van der Waals surface area contributed by atoms with Crippen LogP contribution in [0.25, 0.3) is 17.0 Å². The van der Waals surface area contributed by atoms with E-state index in [1.54, 1.807) is 36.5 Å². The van der Waals surface area contributed by atoms with E-state index in [1.165, 1.54) is 10.6 Å². The molecule has 2 N–H and O–H groups in total. The van der Waals surface area contributed by atoms with E-state index in [9.17, 15) is 14.4 Å². The van der Waals surface area contributed by atoms with E-state index in [2.05, 4.69) is 10.6 Å². The fourth-order valence-electron chi connectivity index (χ4n) is 4.00. The second kappa shape index (κ2) is 10.8. The number of aromatic nitrogens is 1. The van der Waals surface area contributed by atoms with E-state index in [0.717, 1.165) is 24.8 Å². The van der Waals surface area contributed by atoms with Gasteiger partial charge in [0.25, 0.3) is 5.91 Å². The van der Waals surface area contributed by atoms with E-state index >= 15 is 0 Å². The van der Waals surface area contributed by atoms with Crippen molar-refractivity contribution in [3.05, 3.63) is 71.9 Å². The number of nitrogens with one attached hydrogen (secondary N) is 2. The van der Waals surface area contributed by atoms with Crippen molar-refractivity contribution in [2.24, 2.45) is 0 Å². The summed E-state index contributed by atoms with van der Waals surface area (Å²) in [4.78, 5) is 37.8. The van der Waals surface area contributed by atoms with Gasteiger partial charge in [-0.3, -0.25) is 14.2 Å². The summed E-state index contributed by atoms with van der Waals surface area (Å²) in [6.07, 6.45) is 6.22. The number of rotatable bonds is 6. The smallest absolute Gasteiger partial charge is 0.419 e. The van der Waals surface area contributed by atoms with Crippen LogP contribution in [0.15, 0.2) is 60.8 Å². The molecule has 8 heteroatoms. The Balaban J connectivity index is 1.43. The van der Waals surface area contributed by atoms with E-state index in [-0.39, 0.29) is 17.9 Å². The molecule has 1 atom stereocenters. The van der Waals surface area contributed by atoms with Crippen molar-refractivity contribution in [2.75, 3.05) is 18.5 Å². The summed E-state index contributed by atoms with van der Waals surface area (Å²) in [6, 6.07) is 14.2. The van der Waals surface area contributed by atoms with Gasteiger partial charge in [-0.05, 0) is 64.0 Å². The number of ether oxygens (including phenoxy) is 2. The Morgan fingerprint density at radius 2 is 1.94 bits per heavy atom. The third kappa shape index (κ3) is 6.40. The van der Waals surface area contributed by atoms with Crippen LogP contribution in [0.4, 0.5) is 10.5 Å². The first kappa shape index (κ1) is 25.2. The lowest BCUT2D eigenvalue weighted by atomic mass is 10.1. The van der Waals surface area contributed by atoms with Gasteiger partial charge in [0.2, 0.25) is 5.91 Å². The predicted octanol–water partition coefficient (Wildman–Crippen LogP) is 4.99. The molecule has 2 amide bonds. The third-order valence-electron chi connectivity index (χ3n) is 5.65. The van der Waals surface area contributed by atoms with Gasteiger partial charge in [-0.25, -0.2) is 4.79 Å². The lowest BCUT2D eigenvalue weighted by Gasteiger charge is -2.19. The monoisotopic (exact) mass is 489 g/mol. The zero-order valence-corrected chi connectivity index (χ0v) is 20.7. The van der Waals surface area contributed by atoms with Crippen molar-refractivity contribution in [3.8, 4) is 0 Å². The fourth-order valence-corrected chi connectivity index (χ4v) is 4.00. The Morgan fingerprint density at radius 1 is 1.14 bits per heavy atom. The van der Waals surface area contributed by atoms with Gasteiger partial charge in [-0.1, -0.05) is 24.3 Å². The summed E-state index contributed by atoms with van der Waals surface area (Å²) in [6.45, 7) is 6.63. The van der Waals surface area contributed by atoms with Crippen molar-refractivity contribution < 1.29 is 23.9 Å². The van der Waals surface area contributed by atoms with Crippen LogP contribution in [0.3, 0.4) is 0 Å². The molecule has 3 aromatic rings. The van der Waals surface area contributed by atoms with Gasteiger partial charge in [0.1, 0.15) is 5.60 Å². The number of nitrogens with zero attached hydrogens (tertiary/aromatic N) is 1. The highest BCUT2D eigenvalue weighted by atomic mass is 16.6. The lowest BCUT2D eigenvalue weighted by Crippen LogP contribution is -2.31. The van der Waals surface area contributed by atoms with Crippen LogP contribution in [0.5, 0.6) is 0 Å². The van der Waals surface area contributed by atoms with E-state index in [4.69, 9.17) is 9.47 Å². The molecule has 8 nitrogen and oxygen atoms in total. The molecular formula is C28H31N3O5. The first-order valence-corrected chi connectivity index (χ1v) is 12.0. The summed E-state index contributed by atoms with van der Waals surface area (Å²) >= 11 is 0. The van der Waals surface area contributed by atoms with Crippen molar-refractivity contribution in [1.29, 1.82) is 0 Å². The molecular weight excluding hydrogens is 458 g/mol. The van der Waals surface area contributed by atoms with Gasteiger partial charge in [-0.15, -0.1) is 0 Å². The number of para-hydroxylation sites is 1. The Hall–Kier alpha value is -3.91. The average molecular weight is 490 g/mol. The number of benzene rings is 2. The minimum Gasteiger partial charge on any atom is -0.443 e. The van der Waals surface area contributed by atoms with Gasteiger partial charge in [-0.2, -0.15) is 0 Å². The van der Waals surface area contributed by atoms with Crippen LogP contribution in [-0.4, -0.2) is 47.3 Å². The van der Waals surface area contributed by atoms with Crippen molar-refractivity contribution in [3.63, 3.8) is 0 Å². The van der Waals surface area contributed by atoms with Crippen LogP contribution in [0.1, 0.15) is 49.5 Å².